The number of hydrogen-bond acceptors (Lipinski definition) is 3. The van der Waals surface area contributed by atoms with Gasteiger partial charge in [0.1, 0.15) is 4.75 Å². The van der Waals surface area contributed by atoms with Crippen molar-refractivity contribution in [1.82, 2.24) is 0 Å². The molecule has 1 unspecified atom stereocenters. The number of alkyl halides is 1. The van der Waals surface area contributed by atoms with Crippen LogP contribution in [-0.4, -0.2) is 23.7 Å². The first-order valence-corrected chi connectivity index (χ1v) is 3.39. The fourth-order valence-electron chi connectivity index (χ4n) is 0.274. The normalized spacial score (nSPS) is 16.4. The SMILES string of the molecule is COC(=O)C(C)(S)CCl. The summed E-state index contributed by atoms with van der Waals surface area (Å²) in [6, 6.07) is 0. The molecular weight excluding hydrogens is 160 g/mol. The minimum absolute atomic E-state index is 0.156. The lowest BCUT2D eigenvalue weighted by Crippen LogP contribution is -2.31. The highest BCUT2D eigenvalue weighted by Gasteiger charge is 2.28. The molecule has 9 heavy (non-hydrogen) atoms. The molecule has 0 aliphatic carbocycles. The lowest BCUT2D eigenvalue weighted by atomic mass is 10.2. The molecule has 0 aromatic carbocycles. The molecule has 0 radical (unpaired) electrons. The quantitative estimate of drug-likeness (QED) is 0.380. The third-order valence-electron chi connectivity index (χ3n) is 0.885. The summed E-state index contributed by atoms with van der Waals surface area (Å²) in [7, 11) is 1.31. The van der Waals surface area contributed by atoms with Crippen molar-refractivity contribution < 1.29 is 9.53 Å². The third-order valence-corrected chi connectivity index (χ3v) is 1.95. The molecule has 4 heteroatoms. The van der Waals surface area contributed by atoms with Gasteiger partial charge in [-0.2, -0.15) is 12.6 Å². The van der Waals surface area contributed by atoms with E-state index in [0.29, 0.717) is 0 Å². The maximum absolute atomic E-state index is 10.7. The van der Waals surface area contributed by atoms with E-state index in [4.69, 9.17) is 11.6 Å². The molecule has 0 N–H and O–H groups in total. The van der Waals surface area contributed by atoms with Crippen LogP contribution in [-0.2, 0) is 9.53 Å². The average molecular weight is 169 g/mol. The fourth-order valence-corrected chi connectivity index (χ4v) is 0.475. The molecular formula is C5H9ClO2S. The van der Waals surface area contributed by atoms with Crippen molar-refractivity contribution in [2.75, 3.05) is 13.0 Å². The summed E-state index contributed by atoms with van der Waals surface area (Å²) in [5.74, 6) is -0.246. The average Bonchev–Trinajstić information content (AvgIpc) is 1.86. The summed E-state index contributed by atoms with van der Waals surface area (Å²) in [4.78, 5) is 10.7. The number of halogens is 1. The maximum atomic E-state index is 10.7. The van der Waals surface area contributed by atoms with Crippen LogP contribution >= 0.6 is 24.2 Å². The Bertz CT molecular complexity index is 114. The van der Waals surface area contributed by atoms with Crippen molar-refractivity contribution in [2.24, 2.45) is 0 Å². The third kappa shape index (κ3) is 2.45. The van der Waals surface area contributed by atoms with Crippen molar-refractivity contribution >= 4 is 30.2 Å². The van der Waals surface area contributed by atoms with E-state index in [9.17, 15) is 4.79 Å². The first-order chi connectivity index (χ1) is 4.04. The smallest absolute Gasteiger partial charge is 0.322 e. The van der Waals surface area contributed by atoms with Crippen LogP contribution in [0.25, 0.3) is 0 Å². The molecule has 0 aliphatic heterocycles. The highest BCUT2D eigenvalue weighted by molar-refractivity contribution is 7.82. The maximum Gasteiger partial charge on any atom is 0.322 e. The lowest BCUT2D eigenvalue weighted by Gasteiger charge is -2.15. The number of carbonyl (C=O) groups excluding carboxylic acids is 1. The monoisotopic (exact) mass is 168 g/mol. The second kappa shape index (κ2) is 3.32. The van der Waals surface area contributed by atoms with Gasteiger partial charge in [-0.3, -0.25) is 4.79 Å². The lowest BCUT2D eigenvalue weighted by molar-refractivity contribution is -0.142. The number of ether oxygens (including phenoxy) is 1. The van der Waals surface area contributed by atoms with Crippen LogP contribution < -0.4 is 0 Å². The van der Waals surface area contributed by atoms with Crippen LogP contribution in [0.2, 0.25) is 0 Å². The minimum atomic E-state index is -0.851. The van der Waals surface area contributed by atoms with E-state index >= 15 is 0 Å². The van der Waals surface area contributed by atoms with Crippen molar-refractivity contribution in [3.63, 3.8) is 0 Å². The molecule has 0 heterocycles. The van der Waals surface area contributed by atoms with Crippen LogP contribution in [0, 0.1) is 0 Å². The number of rotatable bonds is 2. The van der Waals surface area contributed by atoms with Gasteiger partial charge in [0.2, 0.25) is 0 Å². The molecule has 0 saturated heterocycles. The molecule has 0 bridgehead atoms. The molecule has 1 atom stereocenters. The minimum Gasteiger partial charge on any atom is -0.468 e. The molecule has 0 fully saturated rings. The second-order valence-corrected chi connectivity index (χ2v) is 3.15. The van der Waals surface area contributed by atoms with Gasteiger partial charge in [-0.1, -0.05) is 0 Å². The number of hydrogen-bond donors (Lipinski definition) is 1. The molecule has 0 amide bonds. The Morgan fingerprint density at radius 1 is 1.89 bits per heavy atom. The summed E-state index contributed by atoms with van der Waals surface area (Å²) < 4.78 is 3.56. The predicted molar refractivity (Wildman–Crippen MR) is 40.1 cm³/mol. The van der Waals surface area contributed by atoms with E-state index in [0.717, 1.165) is 0 Å². The largest absolute Gasteiger partial charge is 0.468 e. The predicted octanol–water partition coefficient (Wildman–Crippen LogP) is 1.09. The molecule has 0 spiro atoms. The Morgan fingerprint density at radius 3 is 2.44 bits per heavy atom. The molecule has 0 rings (SSSR count). The fraction of sp³-hybridized carbons (Fsp3) is 0.800. The highest BCUT2D eigenvalue weighted by Crippen LogP contribution is 2.16. The van der Waals surface area contributed by atoms with E-state index in [-0.39, 0.29) is 5.88 Å². The van der Waals surface area contributed by atoms with Gasteiger partial charge in [0.15, 0.2) is 0 Å². The van der Waals surface area contributed by atoms with Crippen LogP contribution in [0.1, 0.15) is 6.92 Å². The van der Waals surface area contributed by atoms with Crippen LogP contribution in [0.3, 0.4) is 0 Å². The molecule has 0 saturated carbocycles. The van der Waals surface area contributed by atoms with Crippen molar-refractivity contribution in [1.29, 1.82) is 0 Å². The summed E-state index contributed by atoms with van der Waals surface area (Å²) in [6.07, 6.45) is 0. The van der Waals surface area contributed by atoms with E-state index < -0.39 is 10.7 Å². The summed E-state index contributed by atoms with van der Waals surface area (Å²) in [5.41, 5.74) is 0. The molecule has 0 aromatic heterocycles. The van der Waals surface area contributed by atoms with Gasteiger partial charge in [0.25, 0.3) is 0 Å². The summed E-state index contributed by atoms with van der Waals surface area (Å²) in [5, 5.41) is 0. The Hall–Kier alpha value is 0.110. The number of esters is 1. The molecule has 0 aromatic rings. The van der Waals surface area contributed by atoms with E-state index in [1.807, 2.05) is 0 Å². The zero-order chi connectivity index (χ0) is 7.49. The first-order valence-electron chi connectivity index (χ1n) is 2.41. The van der Waals surface area contributed by atoms with E-state index in [2.05, 4.69) is 17.4 Å². The van der Waals surface area contributed by atoms with Crippen LogP contribution in [0.5, 0.6) is 0 Å². The molecule has 54 valence electrons. The number of carbonyl (C=O) groups is 1. The summed E-state index contributed by atoms with van der Waals surface area (Å²) >= 11 is 9.34. The standard InChI is InChI=1S/C5H9ClO2S/c1-5(9,3-6)4(7)8-2/h9H,3H2,1-2H3. The van der Waals surface area contributed by atoms with Gasteiger partial charge in [0.05, 0.1) is 7.11 Å². The van der Waals surface area contributed by atoms with Crippen molar-refractivity contribution in [2.45, 2.75) is 11.7 Å². The Morgan fingerprint density at radius 2 is 2.33 bits per heavy atom. The van der Waals surface area contributed by atoms with Gasteiger partial charge in [0, 0.05) is 5.88 Å². The zero-order valence-electron chi connectivity index (χ0n) is 5.35. The molecule has 0 aliphatic rings. The Kier molecular flexibility index (Phi) is 3.36. The van der Waals surface area contributed by atoms with Gasteiger partial charge in [-0.15, -0.1) is 11.6 Å². The Balaban J connectivity index is 3.97. The van der Waals surface area contributed by atoms with Gasteiger partial charge >= 0.3 is 5.97 Å². The zero-order valence-corrected chi connectivity index (χ0v) is 7.00. The van der Waals surface area contributed by atoms with Gasteiger partial charge in [-0.25, -0.2) is 0 Å². The topological polar surface area (TPSA) is 26.3 Å². The van der Waals surface area contributed by atoms with Crippen molar-refractivity contribution in [3.05, 3.63) is 0 Å². The Labute approximate surface area is 64.9 Å². The van der Waals surface area contributed by atoms with Gasteiger partial charge in [-0.05, 0) is 6.92 Å². The second-order valence-electron chi connectivity index (χ2n) is 1.90. The van der Waals surface area contributed by atoms with E-state index in [1.165, 1.54) is 7.11 Å². The van der Waals surface area contributed by atoms with Crippen LogP contribution in [0.15, 0.2) is 0 Å². The highest BCUT2D eigenvalue weighted by atomic mass is 35.5. The number of methoxy groups -OCH3 is 1. The first kappa shape index (κ1) is 9.11. The van der Waals surface area contributed by atoms with Gasteiger partial charge < -0.3 is 4.74 Å². The van der Waals surface area contributed by atoms with Crippen molar-refractivity contribution in [3.8, 4) is 0 Å². The number of thiol groups is 1. The van der Waals surface area contributed by atoms with Crippen LogP contribution in [0.4, 0.5) is 0 Å². The summed E-state index contributed by atoms with van der Waals surface area (Å²) in [6.45, 7) is 1.61. The van der Waals surface area contributed by atoms with E-state index in [1.54, 1.807) is 6.92 Å². The molecule has 2 nitrogen and oxygen atoms in total.